The van der Waals surface area contributed by atoms with Gasteiger partial charge in [-0.1, -0.05) is 35.3 Å². The second-order valence-electron chi connectivity index (χ2n) is 5.83. The molecule has 1 aromatic heterocycles. The molecule has 0 aliphatic carbocycles. The van der Waals surface area contributed by atoms with Gasteiger partial charge in [-0.05, 0) is 49.4 Å². The quantitative estimate of drug-likeness (QED) is 0.594. The van der Waals surface area contributed by atoms with Crippen LogP contribution in [-0.2, 0) is 11.4 Å². The van der Waals surface area contributed by atoms with Crippen molar-refractivity contribution in [2.24, 2.45) is 0 Å². The van der Waals surface area contributed by atoms with E-state index >= 15 is 0 Å². The smallest absolute Gasteiger partial charge is 0.265 e. The number of rotatable bonds is 6. The highest BCUT2D eigenvalue weighted by atomic mass is 35.5. The summed E-state index contributed by atoms with van der Waals surface area (Å²) in [6, 6.07) is 15.5. The van der Waals surface area contributed by atoms with Gasteiger partial charge in [0.05, 0.1) is 5.02 Å². The Bertz CT molecular complexity index is 955. The average molecular weight is 406 g/mol. The summed E-state index contributed by atoms with van der Waals surface area (Å²) in [5, 5.41) is 12.7. The van der Waals surface area contributed by atoms with Gasteiger partial charge >= 0.3 is 0 Å². The molecule has 2 aromatic carbocycles. The van der Waals surface area contributed by atoms with Crippen LogP contribution in [0.2, 0.25) is 10.0 Å². The number of aliphatic hydroxyl groups excluding tert-OH is 1. The second-order valence-corrected chi connectivity index (χ2v) is 6.67. The van der Waals surface area contributed by atoms with Crippen LogP contribution in [0.3, 0.4) is 0 Å². The zero-order chi connectivity index (χ0) is 19.4. The fourth-order valence-electron chi connectivity index (χ4n) is 2.43. The third kappa shape index (κ3) is 4.83. The van der Waals surface area contributed by atoms with Crippen molar-refractivity contribution < 1.29 is 19.1 Å². The number of benzene rings is 2. The van der Waals surface area contributed by atoms with E-state index in [9.17, 15) is 4.79 Å². The minimum Gasteiger partial charge on any atom is -0.479 e. The van der Waals surface area contributed by atoms with E-state index in [1.807, 2.05) is 6.07 Å². The molecule has 1 heterocycles. The monoisotopic (exact) mass is 405 g/mol. The minimum atomic E-state index is -0.767. The number of furan rings is 1. The van der Waals surface area contributed by atoms with E-state index in [-0.39, 0.29) is 12.5 Å². The predicted octanol–water partition coefficient (Wildman–Crippen LogP) is 5.15. The maximum absolute atomic E-state index is 12.4. The molecule has 0 saturated heterocycles. The van der Waals surface area contributed by atoms with Gasteiger partial charge in [0.1, 0.15) is 23.9 Å². The first-order valence-corrected chi connectivity index (χ1v) is 8.94. The molecule has 27 heavy (non-hydrogen) atoms. The van der Waals surface area contributed by atoms with E-state index in [1.165, 1.54) is 0 Å². The van der Waals surface area contributed by atoms with E-state index in [0.717, 1.165) is 5.56 Å². The van der Waals surface area contributed by atoms with Crippen LogP contribution in [-0.4, -0.2) is 17.1 Å². The molecule has 0 saturated carbocycles. The Morgan fingerprint density at radius 3 is 2.70 bits per heavy atom. The lowest BCUT2D eigenvalue weighted by Gasteiger charge is -2.16. The molecule has 140 valence electrons. The van der Waals surface area contributed by atoms with Gasteiger partial charge < -0.3 is 19.6 Å². The van der Waals surface area contributed by atoms with Gasteiger partial charge in [0, 0.05) is 16.3 Å². The first kappa shape index (κ1) is 19.3. The normalized spacial score (nSPS) is 11.9. The van der Waals surface area contributed by atoms with E-state index in [1.54, 1.807) is 55.5 Å². The number of hydrogen-bond acceptors (Lipinski definition) is 4. The van der Waals surface area contributed by atoms with Crippen molar-refractivity contribution in [3.63, 3.8) is 0 Å². The predicted molar refractivity (Wildman–Crippen MR) is 105 cm³/mol. The van der Waals surface area contributed by atoms with E-state index < -0.39 is 6.10 Å². The number of amides is 1. The standard InChI is InChI=1S/C20H17Cl2NO4/c1-12(26-19-7-5-14(21)10-17(19)22)20(25)23-15-4-2-3-13(9-15)18-8-6-16(11-24)27-18/h2-10,12,24H,11H2,1H3,(H,23,25). The number of ether oxygens (including phenoxy) is 1. The van der Waals surface area contributed by atoms with E-state index in [4.69, 9.17) is 37.5 Å². The Kier molecular flexibility index (Phi) is 6.06. The van der Waals surface area contributed by atoms with Gasteiger partial charge in [0.25, 0.3) is 5.91 Å². The highest BCUT2D eigenvalue weighted by Gasteiger charge is 2.17. The molecule has 0 bridgehead atoms. The van der Waals surface area contributed by atoms with Crippen molar-refractivity contribution in [3.05, 3.63) is 70.4 Å². The lowest BCUT2D eigenvalue weighted by atomic mass is 10.1. The summed E-state index contributed by atoms with van der Waals surface area (Å²) >= 11 is 11.9. The molecular weight excluding hydrogens is 389 g/mol. The number of nitrogens with one attached hydrogen (secondary N) is 1. The molecule has 3 aromatic rings. The number of carbonyl (C=O) groups is 1. The third-order valence-electron chi connectivity index (χ3n) is 3.80. The summed E-state index contributed by atoms with van der Waals surface area (Å²) in [5.41, 5.74) is 1.37. The van der Waals surface area contributed by atoms with Crippen LogP contribution < -0.4 is 10.1 Å². The largest absolute Gasteiger partial charge is 0.479 e. The summed E-state index contributed by atoms with van der Waals surface area (Å²) < 4.78 is 11.1. The molecule has 5 nitrogen and oxygen atoms in total. The minimum absolute atomic E-state index is 0.168. The van der Waals surface area contributed by atoms with Crippen LogP contribution in [0, 0.1) is 0 Å². The maximum atomic E-state index is 12.4. The topological polar surface area (TPSA) is 71.7 Å². The summed E-state index contributed by atoms with van der Waals surface area (Å²) in [6.07, 6.45) is -0.767. The molecule has 2 N–H and O–H groups in total. The third-order valence-corrected chi connectivity index (χ3v) is 4.33. The molecule has 0 aliphatic rings. The van der Waals surface area contributed by atoms with Crippen LogP contribution in [0.5, 0.6) is 5.75 Å². The lowest BCUT2D eigenvalue weighted by molar-refractivity contribution is -0.122. The fraction of sp³-hybridized carbons (Fsp3) is 0.150. The van der Waals surface area contributed by atoms with Gasteiger partial charge in [-0.25, -0.2) is 0 Å². The van der Waals surface area contributed by atoms with Gasteiger partial charge in [-0.3, -0.25) is 4.79 Å². The van der Waals surface area contributed by atoms with Crippen LogP contribution in [0.15, 0.2) is 59.0 Å². The van der Waals surface area contributed by atoms with Gasteiger partial charge in [0.15, 0.2) is 6.10 Å². The molecule has 7 heteroatoms. The van der Waals surface area contributed by atoms with Gasteiger partial charge in [-0.2, -0.15) is 0 Å². The summed E-state index contributed by atoms with van der Waals surface area (Å²) in [4.78, 5) is 12.4. The molecule has 1 amide bonds. The van der Waals surface area contributed by atoms with Crippen molar-refractivity contribution in [2.75, 3.05) is 5.32 Å². The maximum Gasteiger partial charge on any atom is 0.265 e. The number of halogens is 2. The van der Waals surface area contributed by atoms with E-state index in [2.05, 4.69) is 5.32 Å². The van der Waals surface area contributed by atoms with Crippen molar-refractivity contribution in [1.29, 1.82) is 0 Å². The Labute approximate surface area is 166 Å². The zero-order valence-corrected chi connectivity index (χ0v) is 15.9. The van der Waals surface area contributed by atoms with Crippen LogP contribution in [0.25, 0.3) is 11.3 Å². The van der Waals surface area contributed by atoms with Crippen molar-refractivity contribution >= 4 is 34.8 Å². The summed E-state index contributed by atoms with van der Waals surface area (Å²) in [5.74, 6) is 1.13. The number of carbonyl (C=O) groups excluding carboxylic acids is 1. The van der Waals surface area contributed by atoms with Gasteiger partial charge in [0.2, 0.25) is 0 Å². The number of hydrogen-bond donors (Lipinski definition) is 2. The van der Waals surface area contributed by atoms with Crippen LogP contribution in [0.1, 0.15) is 12.7 Å². The SMILES string of the molecule is CC(Oc1ccc(Cl)cc1Cl)C(=O)Nc1cccc(-c2ccc(CO)o2)c1. The fourth-order valence-corrected chi connectivity index (χ4v) is 2.88. The molecule has 1 atom stereocenters. The molecule has 0 fully saturated rings. The molecule has 0 spiro atoms. The molecule has 1 unspecified atom stereocenters. The zero-order valence-electron chi connectivity index (χ0n) is 14.4. The van der Waals surface area contributed by atoms with E-state index in [0.29, 0.717) is 33.0 Å². The highest BCUT2D eigenvalue weighted by molar-refractivity contribution is 6.35. The molecule has 0 radical (unpaired) electrons. The summed E-state index contributed by atoms with van der Waals surface area (Å²) in [6.45, 7) is 1.46. The average Bonchev–Trinajstić information content (AvgIpc) is 3.13. The number of anilines is 1. The molecule has 3 rings (SSSR count). The Hall–Kier alpha value is -2.47. The van der Waals surface area contributed by atoms with Crippen molar-refractivity contribution in [3.8, 4) is 17.1 Å². The first-order chi connectivity index (χ1) is 13.0. The molecule has 0 aliphatic heterocycles. The van der Waals surface area contributed by atoms with Crippen LogP contribution in [0.4, 0.5) is 5.69 Å². The highest BCUT2D eigenvalue weighted by Crippen LogP contribution is 2.29. The Morgan fingerprint density at radius 2 is 2.00 bits per heavy atom. The Balaban J connectivity index is 1.69. The van der Waals surface area contributed by atoms with Crippen molar-refractivity contribution in [2.45, 2.75) is 19.6 Å². The van der Waals surface area contributed by atoms with Crippen molar-refractivity contribution in [1.82, 2.24) is 0 Å². The Morgan fingerprint density at radius 1 is 1.19 bits per heavy atom. The lowest BCUT2D eigenvalue weighted by Crippen LogP contribution is -2.30. The van der Waals surface area contributed by atoms with Gasteiger partial charge in [-0.15, -0.1) is 0 Å². The summed E-state index contributed by atoms with van der Waals surface area (Å²) in [7, 11) is 0. The number of aliphatic hydroxyl groups is 1. The second kappa shape index (κ2) is 8.48. The first-order valence-electron chi connectivity index (χ1n) is 8.19. The van der Waals surface area contributed by atoms with Crippen LogP contribution >= 0.6 is 23.2 Å². The molecular formula is C20H17Cl2NO4.